The SMILES string of the molecule is O=C(Nc1cccnc1C(=O)Nc1ccc(Cl)cn1)c1ccc(S(=O)O)cc1OCC1CCNCC1. The maximum Gasteiger partial charge on any atom is 0.277 e. The van der Waals surface area contributed by atoms with Gasteiger partial charge in [-0.15, -0.1) is 0 Å². The van der Waals surface area contributed by atoms with Crippen LogP contribution in [0.15, 0.2) is 59.8 Å². The number of nitrogens with one attached hydrogen (secondary N) is 3. The van der Waals surface area contributed by atoms with E-state index in [2.05, 4.69) is 25.9 Å². The van der Waals surface area contributed by atoms with Crippen LogP contribution in [0.1, 0.15) is 33.7 Å². The Kier molecular flexibility index (Phi) is 8.60. The van der Waals surface area contributed by atoms with E-state index in [0.717, 1.165) is 25.9 Å². The van der Waals surface area contributed by atoms with Crippen LogP contribution in [0.25, 0.3) is 0 Å². The monoisotopic (exact) mass is 529 g/mol. The van der Waals surface area contributed by atoms with E-state index < -0.39 is 22.9 Å². The van der Waals surface area contributed by atoms with Gasteiger partial charge in [-0.2, -0.15) is 0 Å². The van der Waals surface area contributed by atoms with Gasteiger partial charge in [0, 0.05) is 12.4 Å². The average Bonchev–Trinajstić information content (AvgIpc) is 2.89. The van der Waals surface area contributed by atoms with Crippen LogP contribution in [-0.4, -0.2) is 50.2 Å². The second-order valence-electron chi connectivity index (χ2n) is 8.08. The molecule has 1 fully saturated rings. The summed E-state index contributed by atoms with van der Waals surface area (Å²) in [5.41, 5.74) is 0.314. The van der Waals surface area contributed by atoms with E-state index >= 15 is 0 Å². The maximum atomic E-state index is 13.2. The molecule has 1 atom stereocenters. The molecule has 0 aliphatic carbocycles. The Balaban J connectivity index is 1.53. The lowest BCUT2D eigenvalue weighted by Crippen LogP contribution is -2.30. The highest BCUT2D eigenvalue weighted by molar-refractivity contribution is 7.79. The van der Waals surface area contributed by atoms with E-state index in [1.165, 1.54) is 30.6 Å². The highest BCUT2D eigenvalue weighted by atomic mass is 35.5. The lowest BCUT2D eigenvalue weighted by Gasteiger charge is -2.23. The summed E-state index contributed by atoms with van der Waals surface area (Å²) in [6.45, 7) is 2.15. The topological polar surface area (TPSA) is 143 Å². The summed E-state index contributed by atoms with van der Waals surface area (Å²) in [4.78, 5) is 34.3. The highest BCUT2D eigenvalue weighted by Gasteiger charge is 2.21. The van der Waals surface area contributed by atoms with Gasteiger partial charge in [0.15, 0.2) is 16.8 Å². The smallest absolute Gasteiger partial charge is 0.277 e. The van der Waals surface area contributed by atoms with Gasteiger partial charge in [-0.3, -0.25) is 9.59 Å². The van der Waals surface area contributed by atoms with Crippen LogP contribution in [0.3, 0.4) is 0 Å². The molecule has 1 saturated heterocycles. The van der Waals surface area contributed by atoms with Gasteiger partial charge in [0.05, 0.1) is 27.8 Å². The first-order valence-electron chi connectivity index (χ1n) is 11.2. The molecule has 0 saturated carbocycles. The number of benzene rings is 1. The van der Waals surface area contributed by atoms with E-state index in [1.54, 1.807) is 24.3 Å². The molecular formula is C24H24ClN5O5S. The number of anilines is 2. The molecule has 4 rings (SSSR count). The first kappa shape index (κ1) is 25.7. The first-order valence-corrected chi connectivity index (χ1v) is 12.7. The minimum atomic E-state index is -2.24. The van der Waals surface area contributed by atoms with Gasteiger partial charge in [-0.05, 0) is 74.3 Å². The lowest BCUT2D eigenvalue weighted by atomic mass is 9.99. The predicted octanol–water partition coefficient (Wildman–Crippen LogP) is 3.59. The molecule has 1 unspecified atom stereocenters. The van der Waals surface area contributed by atoms with Crippen LogP contribution < -0.4 is 20.7 Å². The number of rotatable bonds is 8. The van der Waals surface area contributed by atoms with Crippen LogP contribution in [0, 0.1) is 5.92 Å². The van der Waals surface area contributed by atoms with Crippen molar-refractivity contribution >= 4 is 46.0 Å². The molecule has 2 aromatic heterocycles. The summed E-state index contributed by atoms with van der Waals surface area (Å²) in [5, 5.41) is 9.02. The Labute approximate surface area is 215 Å². The Bertz CT molecular complexity index is 1270. The Morgan fingerprint density at radius 2 is 1.92 bits per heavy atom. The van der Waals surface area contributed by atoms with Gasteiger partial charge >= 0.3 is 0 Å². The molecule has 12 heteroatoms. The second-order valence-corrected chi connectivity index (χ2v) is 9.49. The molecule has 36 heavy (non-hydrogen) atoms. The molecule has 0 spiro atoms. The molecule has 4 N–H and O–H groups in total. The van der Waals surface area contributed by atoms with Crippen LogP contribution >= 0.6 is 11.6 Å². The van der Waals surface area contributed by atoms with Crippen molar-refractivity contribution < 1.29 is 23.1 Å². The zero-order valence-corrected chi connectivity index (χ0v) is 20.6. The number of carbonyl (C=O) groups excluding carboxylic acids is 2. The van der Waals surface area contributed by atoms with Crippen LogP contribution in [0.5, 0.6) is 5.75 Å². The van der Waals surface area contributed by atoms with E-state index in [1.807, 2.05) is 0 Å². The molecule has 2 amide bonds. The predicted molar refractivity (Wildman–Crippen MR) is 136 cm³/mol. The van der Waals surface area contributed by atoms with Gasteiger partial charge in [0.1, 0.15) is 11.6 Å². The van der Waals surface area contributed by atoms with Gasteiger partial charge in [0.25, 0.3) is 11.8 Å². The number of aromatic nitrogens is 2. The van der Waals surface area contributed by atoms with Crippen LogP contribution in [0.4, 0.5) is 11.5 Å². The summed E-state index contributed by atoms with van der Waals surface area (Å²) >= 11 is 3.60. The standard InChI is InChI=1S/C24H24ClN5O5S/c25-16-3-6-21(28-13-16)30-24(32)22-19(2-1-9-27-22)29-23(31)18-5-4-17(36(33)34)12-20(18)35-14-15-7-10-26-11-8-15/h1-6,9,12-13,15,26H,7-8,10-11,14H2,(H,29,31)(H,33,34)(H,28,30,32). The molecule has 1 aliphatic heterocycles. The van der Waals surface area contributed by atoms with Gasteiger partial charge in [-0.1, -0.05) is 11.6 Å². The van der Waals surface area contributed by atoms with Crippen LogP contribution in [-0.2, 0) is 11.1 Å². The van der Waals surface area contributed by atoms with E-state index in [4.69, 9.17) is 16.3 Å². The summed E-state index contributed by atoms with van der Waals surface area (Å²) in [6.07, 6.45) is 4.69. The third-order valence-corrected chi connectivity index (χ3v) is 6.45. The molecule has 3 aromatic rings. The van der Waals surface area contributed by atoms with Crippen molar-refractivity contribution in [3.8, 4) is 5.75 Å². The van der Waals surface area contributed by atoms with Crippen molar-refractivity contribution in [3.05, 3.63) is 71.1 Å². The van der Waals surface area contributed by atoms with Crippen molar-refractivity contribution in [2.45, 2.75) is 17.7 Å². The Morgan fingerprint density at radius 3 is 2.64 bits per heavy atom. The molecule has 1 aliphatic rings. The summed E-state index contributed by atoms with van der Waals surface area (Å²) in [7, 11) is 0. The fourth-order valence-electron chi connectivity index (χ4n) is 3.68. The van der Waals surface area contributed by atoms with E-state index in [-0.39, 0.29) is 33.4 Å². The molecule has 188 valence electrons. The number of hydrogen-bond donors (Lipinski definition) is 4. The number of hydrogen-bond acceptors (Lipinski definition) is 7. The number of piperidine rings is 1. The molecule has 0 bridgehead atoms. The van der Waals surface area contributed by atoms with Crippen molar-refractivity contribution in [2.75, 3.05) is 30.3 Å². The van der Waals surface area contributed by atoms with E-state index in [0.29, 0.717) is 17.5 Å². The number of amides is 2. The Hall–Kier alpha value is -3.38. The summed E-state index contributed by atoms with van der Waals surface area (Å²) < 4.78 is 27.1. The van der Waals surface area contributed by atoms with Crippen LogP contribution in [0.2, 0.25) is 5.02 Å². The maximum absolute atomic E-state index is 13.2. The molecule has 3 heterocycles. The molecule has 1 aromatic carbocycles. The van der Waals surface area contributed by atoms with E-state index in [9.17, 15) is 18.4 Å². The summed E-state index contributed by atoms with van der Waals surface area (Å²) in [5.74, 6) is -0.369. The molecular weight excluding hydrogens is 506 g/mol. The van der Waals surface area contributed by atoms with Crippen molar-refractivity contribution in [1.29, 1.82) is 0 Å². The van der Waals surface area contributed by atoms with Crippen molar-refractivity contribution in [1.82, 2.24) is 15.3 Å². The van der Waals surface area contributed by atoms with Gasteiger partial charge in [-0.25, -0.2) is 14.2 Å². The molecule has 10 nitrogen and oxygen atoms in total. The third kappa shape index (κ3) is 6.64. The van der Waals surface area contributed by atoms with Crippen molar-refractivity contribution in [2.24, 2.45) is 5.92 Å². The fraction of sp³-hybridized carbons (Fsp3) is 0.250. The average molecular weight is 530 g/mol. The number of nitrogens with zero attached hydrogens (tertiary/aromatic N) is 2. The quantitative estimate of drug-likeness (QED) is 0.324. The number of halogens is 1. The number of carbonyl (C=O) groups is 2. The normalized spacial score (nSPS) is 14.6. The zero-order chi connectivity index (χ0) is 25.5. The lowest BCUT2D eigenvalue weighted by molar-refractivity contribution is 0.102. The zero-order valence-electron chi connectivity index (χ0n) is 19.1. The van der Waals surface area contributed by atoms with Crippen molar-refractivity contribution in [3.63, 3.8) is 0 Å². The van der Waals surface area contributed by atoms with Gasteiger partial charge in [0.2, 0.25) is 0 Å². The largest absolute Gasteiger partial charge is 0.492 e. The highest BCUT2D eigenvalue weighted by Crippen LogP contribution is 2.26. The minimum Gasteiger partial charge on any atom is -0.492 e. The summed E-state index contributed by atoms with van der Waals surface area (Å²) in [6, 6.07) is 10.4. The molecule has 0 radical (unpaired) electrons. The minimum absolute atomic E-state index is 0.0205. The first-order chi connectivity index (χ1) is 17.4. The number of ether oxygens (including phenoxy) is 1. The number of pyridine rings is 2. The fourth-order valence-corrected chi connectivity index (χ4v) is 4.18. The van der Waals surface area contributed by atoms with Gasteiger partial charge < -0.3 is 25.2 Å². The Morgan fingerprint density at radius 1 is 1.11 bits per heavy atom. The third-order valence-electron chi connectivity index (χ3n) is 5.57. The second kappa shape index (κ2) is 12.0.